The molecule has 116 valence electrons. The molecule has 7 heteroatoms. The van der Waals surface area contributed by atoms with Gasteiger partial charge in [0.05, 0.1) is 11.6 Å². The second kappa shape index (κ2) is 7.36. The third-order valence-electron chi connectivity index (χ3n) is 3.57. The molecule has 1 amide bonds. The van der Waals surface area contributed by atoms with Gasteiger partial charge in [-0.2, -0.15) is 5.26 Å². The Balaban J connectivity index is 1.87. The van der Waals surface area contributed by atoms with Gasteiger partial charge < -0.3 is 10.1 Å². The van der Waals surface area contributed by atoms with E-state index in [1.54, 1.807) is 12.3 Å². The summed E-state index contributed by atoms with van der Waals surface area (Å²) in [6.45, 7) is -0.408. The lowest BCUT2D eigenvalue weighted by Crippen LogP contribution is -2.50. The van der Waals surface area contributed by atoms with Gasteiger partial charge in [-0.25, -0.2) is 4.79 Å². The summed E-state index contributed by atoms with van der Waals surface area (Å²) in [6, 6.07) is 3.75. The Morgan fingerprint density at radius 2 is 2.09 bits per heavy atom. The number of rotatable bonds is 4. The maximum atomic E-state index is 11.9. The van der Waals surface area contributed by atoms with Crippen molar-refractivity contribution < 1.29 is 14.3 Å². The average molecular weight is 366 g/mol. The molecule has 0 radical (unpaired) electrons. The van der Waals surface area contributed by atoms with Crippen LogP contribution in [0.2, 0.25) is 0 Å². The molecule has 1 N–H and O–H groups in total. The van der Waals surface area contributed by atoms with Gasteiger partial charge in [0.1, 0.15) is 5.54 Å². The van der Waals surface area contributed by atoms with Crippen molar-refractivity contribution in [2.75, 3.05) is 6.61 Å². The summed E-state index contributed by atoms with van der Waals surface area (Å²) in [7, 11) is 0. The van der Waals surface area contributed by atoms with E-state index in [0.717, 1.165) is 19.3 Å². The van der Waals surface area contributed by atoms with E-state index in [1.165, 1.54) is 6.20 Å². The number of carbonyl (C=O) groups excluding carboxylic acids is 2. The lowest BCUT2D eigenvalue weighted by Gasteiger charge is -2.31. The largest absolute Gasteiger partial charge is 0.452 e. The summed E-state index contributed by atoms with van der Waals surface area (Å²) in [5, 5.41) is 12.0. The summed E-state index contributed by atoms with van der Waals surface area (Å²) in [5.74, 6) is -1.08. The van der Waals surface area contributed by atoms with Crippen molar-refractivity contribution in [2.24, 2.45) is 0 Å². The first kappa shape index (κ1) is 16.4. The summed E-state index contributed by atoms with van der Waals surface area (Å²) in [6.07, 6.45) is 7.09. The molecular formula is C15H16BrN3O3. The van der Waals surface area contributed by atoms with Crippen LogP contribution in [-0.2, 0) is 9.53 Å². The van der Waals surface area contributed by atoms with Crippen molar-refractivity contribution >= 4 is 27.8 Å². The Morgan fingerprint density at radius 1 is 1.36 bits per heavy atom. The van der Waals surface area contributed by atoms with E-state index in [2.05, 4.69) is 32.3 Å². The summed E-state index contributed by atoms with van der Waals surface area (Å²) < 4.78 is 5.60. The SMILES string of the molecule is N#CC1(NC(=O)COC(=O)c2cncc(Br)c2)CCCCC1. The summed E-state index contributed by atoms with van der Waals surface area (Å²) in [4.78, 5) is 27.6. The van der Waals surface area contributed by atoms with Gasteiger partial charge in [-0.15, -0.1) is 0 Å². The van der Waals surface area contributed by atoms with Gasteiger partial charge in [0.2, 0.25) is 0 Å². The van der Waals surface area contributed by atoms with Crippen molar-refractivity contribution in [3.05, 3.63) is 28.5 Å². The van der Waals surface area contributed by atoms with Crippen molar-refractivity contribution in [3.8, 4) is 6.07 Å². The van der Waals surface area contributed by atoms with Crippen LogP contribution in [0, 0.1) is 11.3 Å². The molecule has 1 fully saturated rings. The van der Waals surface area contributed by atoms with Crippen LogP contribution < -0.4 is 5.32 Å². The number of nitriles is 1. The van der Waals surface area contributed by atoms with Gasteiger partial charge in [0.15, 0.2) is 6.61 Å². The molecule has 0 spiro atoms. The fourth-order valence-electron chi connectivity index (χ4n) is 2.46. The van der Waals surface area contributed by atoms with Crippen molar-refractivity contribution in [3.63, 3.8) is 0 Å². The topological polar surface area (TPSA) is 92.1 Å². The van der Waals surface area contributed by atoms with Crippen LogP contribution in [-0.4, -0.2) is 29.0 Å². The molecule has 0 atom stereocenters. The van der Waals surface area contributed by atoms with Crippen molar-refractivity contribution in [1.82, 2.24) is 10.3 Å². The number of hydrogen-bond donors (Lipinski definition) is 1. The molecule has 1 aromatic rings. The maximum Gasteiger partial charge on any atom is 0.340 e. The fourth-order valence-corrected chi connectivity index (χ4v) is 2.83. The van der Waals surface area contributed by atoms with Crippen molar-refractivity contribution in [2.45, 2.75) is 37.6 Å². The molecule has 0 bridgehead atoms. The maximum absolute atomic E-state index is 11.9. The Labute approximate surface area is 137 Å². The van der Waals surface area contributed by atoms with E-state index >= 15 is 0 Å². The molecule has 6 nitrogen and oxygen atoms in total. The zero-order chi connectivity index (χ0) is 16.0. The van der Waals surface area contributed by atoms with Gasteiger partial charge in [0.25, 0.3) is 5.91 Å². The van der Waals surface area contributed by atoms with E-state index < -0.39 is 24.0 Å². The third-order valence-corrected chi connectivity index (χ3v) is 4.01. The number of ether oxygens (including phenoxy) is 1. The predicted molar refractivity (Wildman–Crippen MR) is 81.8 cm³/mol. The monoisotopic (exact) mass is 365 g/mol. The van der Waals surface area contributed by atoms with Crippen LogP contribution >= 0.6 is 15.9 Å². The normalized spacial score (nSPS) is 16.4. The zero-order valence-electron chi connectivity index (χ0n) is 12.0. The first-order valence-electron chi connectivity index (χ1n) is 7.05. The highest BCUT2D eigenvalue weighted by Gasteiger charge is 2.33. The van der Waals surface area contributed by atoms with Crippen LogP contribution in [0.3, 0.4) is 0 Å². The van der Waals surface area contributed by atoms with Gasteiger partial charge >= 0.3 is 5.97 Å². The van der Waals surface area contributed by atoms with E-state index in [0.29, 0.717) is 17.3 Å². The quantitative estimate of drug-likeness (QED) is 0.826. The highest BCUT2D eigenvalue weighted by molar-refractivity contribution is 9.10. The first-order chi connectivity index (χ1) is 10.5. The minimum absolute atomic E-state index is 0.259. The number of aromatic nitrogens is 1. The number of pyridine rings is 1. The van der Waals surface area contributed by atoms with Crippen LogP contribution in [0.5, 0.6) is 0 Å². The Morgan fingerprint density at radius 3 is 2.73 bits per heavy atom. The zero-order valence-corrected chi connectivity index (χ0v) is 13.6. The molecule has 1 aliphatic carbocycles. The molecule has 1 heterocycles. The van der Waals surface area contributed by atoms with E-state index in [-0.39, 0.29) is 5.56 Å². The molecule has 22 heavy (non-hydrogen) atoms. The lowest BCUT2D eigenvalue weighted by molar-refractivity contribution is -0.125. The number of esters is 1. The standard InChI is InChI=1S/C15H16BrN3O3/c16-12-6-11(7-18-8-12)14(21)22-9-13(20)19-15(10-17)4-2-1-3-5-15/h6-8H,1-5,9H2,(H,19,20). The Hall–Kier alpha value is -1.94. The predicted octanol–water partition coefficient (Wildman–Crippen LogP) is 2.34. The average Bonchev–Trinajstić information content (AvgIpc) is 2.53. The number of carbonyl (C=O) groups is 2. The molecule has 0 unspecified atom stereocenters. The van der Waals surface area contributed by atoms with Crippen LogP contribution in [0.4, 0.5) is 0 Å². The van der Waals surface area contributed by atoms with Crippen LogP contribution in [0.25, 0.3) is 0 Å². The van der Waals surface area contributed by atoms with Gasteiger partial charge in [-0.1, -0.05) is 19.3 Å². The molecular weight excluding hydrogens is 350 g/mol. The molecule has 2 rings (SSSR count). The fraction of sp³-hybridized carbons (Fsp3) is 0.467. The minimum Gasteiger partial charge on any atom is -0.452 e. The smallest absolute Gasteiger partial charge is 0.340 e. The van der Waals surface area contributed by atoms with E-state index in [1.807, 2.05) is 0 Å². The molecule has 0 aromatic carbocycles. The summed E-state index contributed by atoms with van der Waals surface area (Å²) >= 11 is 3.21. The van der Waals surface area contributed by atoms with Gasteiger partial charge in [0, 0.05) is 16.9 Å². The van der Waals surface area contributed by atoms with Gasteiger partial charge in [-0.3, -0.25) is 9.78 Å². The highest BCUT2D eigenvalue weighted by atomic mass is 79.9. The highest BCUT2D eigenvalue weighted by Crippen LogP contribution is 2.27. The van der Waals surface area contributed by atoms with E-state index in [9.17, 15) is 14.9 Å². The number of hydrogen-bond acceptors (Lipinski definition) is 5. The number of nitrogens with one attached hydrogen (secondary N) is 1. The number of nitrogens with zero attached hydrogens (tertiary/aromatic N) is 2. The molecule has 1 aliphatic rings. The van der Waals surface area contributed by atoms with Gasteiger partial charge in [-0.05, 0) is 34.8 Å². The first-order valence-corrected chi connectivity index (χ1v) is 7.84. The Kier molecular flexibility index (Phi) is 5.50. The minimum atomic E-state index is -0.820. The number of halogens is 1. The van der Waals surface area contributed by atoms with Crippen LogP contribution in [0.1, 0.15) is 42.5 Å². The second-order valence-corrected chi connectivity index (χ2v) is 6.19. The molecule has 1 saturated carbocycles. The molecule has 0 aliphatic heterocycles. The number of amides is 1. The summed E-state index contributed by atoms with van der Waals surface area (Å²) in [5.41, 5.74) is -0.561. The van der Waals surface area contributed by atoms with E-state index in [4.69, 9.17) is 4.74 Å². The third kappa shape index (κ3) is 4.28. The molecule has 1 aromatic heterocycles. The van der Waals surface area contributed by atoms with Crippen molar-refractivity contribution in [1.29, 1.82) is 5.26 Å². The van der Waals surface area contributed by atoms with Crippen LogP contribution in [0.15, 0.2) is 22.9 Å². The molecule has 0 saturated heterocycles. The lowest BCUT2D eigenvalue weighted by atomic mass is 9.83. The second-order valence-electron chi connectivity index (χ2n) is 5.27. The Bertz CT molecular complexity index is 606.